The molecule has 134 valence electrons. The lowest BCUT2D eigenvalue weighted by atomic mass is 10.1. The molecule has 1 heterocycles. The fourth-order valence-corrected chi connectivity index (χ4v) is 2.82. The second kappa shape index (κ2) is 8.89. The first kappa shape index (κ1) is 18.5. The monoisotopic (exact) mass is 336 g/mol. The van der Waals surface area contributed by atoms with Crippen LogP contribution in [0.15, 0.2) is 18.2 Å². The van der Waals surface area contributed by atoms with Gasteiger partial charge < -0.3 is 19.5 Å². The number of nitrogens with zero attached hydrogens (tertiary/aromatic N) is 2. The van der Waals surface area contributed by atoms with E-state index >= 15 is 0 Å². The highest BCUT2D eigenvalue weighted by atomic mass is 16.5. The largest absolute Gasteiger partial charge is 0.493 e. The van der Waals surface area contributed by atoms with Crippen LogP contribution in [0.25, 0.3) is 0 Å². The number of benzene rings is 1. The normalized spacial score (nSPS) is 16.8. The molecule has 1 amide bonds. The first-order chi connectivity index (χ1) is 11.5. The number of rotatable bonds is 7. The lowest BCUT2D eigenvalue weighted by Gasteiger charge is -2.35. The number of ether oxygens (including phenoxy) is 2. The van der Waals surface area contributed by atoms with Gasteiger partial charge in [-0.15, -0.1) is 0 Å². The van der Waals surface area contributed by atoms with E-state index in [1.807, 2.05) is 11.8 Å². The molecule has 0 aliphatic carbocycles. The number of carbonyl (C=O) groups excluding carboxylic acids is 1. The van der Waals surface area contributed by atoms with Crippen molar-refractivity contribution in [2.24, 2.45) is 0 Å². The van der Waals surface area contributed by atoms with Gasteiger partial charge in [-0.1, -0.05) is 6.92 Å². The average molecular weight is 336 g/mol. The highest BCUT2D eigenvalue weighted by Crippen LogP contribution is 2.28. The van der Waals surface area contributed by atoms with Gasteiger partial charge >= 0.3 is 0 Å². The molecule has 0 radical (unpaired) electrons. The summed E-state index contributed by atoms with van der Waals surface area (Å²) in [7, 11) is 1.58. The van der Waals surface area contributed by atoms with Crippen molar-refractivity contribution in [2.75, 3.05) is 46.4 Å². The van der Waals surface area contributed by atoms with Crippen molar-refractivity contribution in [1.29, 1.82) is 0 Å². The van der Waals surface area contributed by atoms with E-state index in [1.165, 1.54) is 0 Å². The van der Waals surface area contributed by atoms with Crippen molar-refractivity contribution in [3.63, 3.8) is 0 Å². The highest BCUT2D eigenvalue weighted by Gasteiger charge is 2.23. The van der Waals surface area contributed by atoms with E-state index in [0.29, 0.717) is 43.3 Å². The zero-order valence-corrected chi connectivity index (χ0v) is 14.8. The van der Waals surface area contributed by atoms with E-state index in [0.717, 1.165) is 19.5 Å². The van der Waals surface area contributed by atoms with E-state index in [4.69, 9.17) is 9.47 Å². The minimum Gasteiger partial charge on any atom is -0.493 e. The van der Waals surface area contributed by atoms with Crippen LogP contribution in [0.2, 0.25) is 0 Å². The molecule has 0 aromatic heterocycles. The summed E-state index contributed by atoms with van der Waals surface area (Å²) in [6, 6.07) is 5.33. The second-order valence-corrected chi connectivity index (χ2v) is 6.16. The quantitative estimate of drug-likeness (QED) is 0.820. The SMILES string of the molecule is CCCOc1ccc(C(=O)N2CCN(C[C@@H](C)O)CC2)cc1OC. The van der Waals surface area contributed by atoms with Crippen LogP contribution < -0.4 is 9.47 Å². The number of carbonyl (C=O) groups is 1. The molecule has 6 nitrogen and oxygen atoms in total. The Labute approximate surface area is 144 Å². The minimum atomic E-state index is -0.341. The molecule has 24 heavy (non-hydrogen) atoms. The molecule has 0 unspecified atom stereocenters. The summed E-state index contributed by atoms with van der Waals surface area (Å²) < 4.78 is 11.0. The maximum atomic E-state index is 12.7. The minimum absolute atomic E-state index is 0.00652. The van der Waals surface area contributed by atoms with Crippen LogP contribution in [0.3, 0.4) is 0 Å². The molecule has 1 atom stereocenters. The number of methoxy groups -OCH3 is 1. The molecular weight excluding hydrogens is 308 g/mol. The van der Waals surface area contributed by atoms with Crippen molar-refractivity contribution >= 4 is 5.91 Å². The lowest BCUT2D eigenvalue weighted by molar-refractivity contribution is 0.0554. The van der Waals surface area contributed by atoms with Crippen molar-refractivity contribution < 1.29 is 19.4 Å². The molecule has 1 fully saturated rings. The molecule has 6 heteroatoms. The summed E-state index contributed by atoms with van der Waals surface area (Å²) in [5.41, 5.74) is 0.611. The maximum Gasteiger partial charge on any atom is 0.254 e. The third-order valence-corrected chi connectivity index (χ3v) is 4.05. The number of amides is 1. The van der Waals surface area contributed by atoms with E-state index in [9.17, 15) is 9.90 Å². The van der Waals surface area contributed by atoms with E-state index in [2.05, 4.69) is 4.90 Å². The molecule has 0 spiro atoms. The Morgan fingerprint density at radius 1 is 1.25 bits per heavy atom. The van der Waals surface area contributed by atoms with Crippen LogP contribution in [0, 0.1) is 0 Å². The van der Waals surface area contributed by atoms with Gasteiger partial charge in [0.1, 0.15) is 0 Å². The molecule has 1 aliphatic heterocycles. The third-order valence-electron chi connectivity index (χ3n) is 4.05. The van der Waals surface area contributed by atoms with Gasteiger partial charge in [0.25, 0.3) is 5.91 Å². The van der Waals surface area contributed by atoms with Gasteiger partial charge in [0.05, 0.1) is 19.8 Å². The van der Waals surface area contributed by atoms with E-state index < -0.39 is 0 Å². The van der Waals surface area contributed by atoms with Gasteiger partial charge in [-0.2, -0.15) is 0 Å². The first-order valence-electron chi connectivity index (χ1n) is 8.55. The van der Waals surface area contributed by atoms with Crippen LogP contribution in [0.5, 0.6) is 11.5 Å². The Balaban J connectivity index is 2.00. The molecular formula is C18H28N2O4. The van der Waals surface area contributed by atoms with Crippen LogP contribution in [0.4, 0.5) is 0 Å². The van der Waals surface area contributed by atoms with Crippen molar-refractivity contribution in [2.45, 2.75) is 26.4 Å². The molecule has 0 bridgehead atoms. The van der Waals surface area contributed by atoms with Gasteiger partial charge in [0.2, 0.25) is 0 Å². The van der Waals surface area contributed by atoms with Crippen LogP contribution in [-0.2, 0) is 0 Å². The van der Waals surface area contributed by atoms with Crippen LogP contribution >= 0.6 is 0 Å². The topological polar surface area (TPSA) is 62.2 Å². The predicted octanol–water partition coefficient (Wildman–Crippen LogP) is 1.62. The Morgan fingerprint density at radius 3 is 2.54 bits per heavy atom. The zero-order chi connectivity index (χ0) is 17.5. The number of aliphatic hydroxyl groups excluding tert-OH is 1. The first-order valence-corrected chi connectivity index (χ1v) is 8.55. The van der Waals surface area contributed by atoms with Crippen LogP contribution in [0.1, 0.15) is 30.6 Å². The average Bonchev–Trinajstić information content (AvgIpc) is 2.59. The fraction of sp³-hybridized carbons (Fsp3) is 0.611. The van der Waals surface area contributed by atoms with E-state index in [1.54, 1.807) is 32.2 Å². The Bertz CT molecular complexity index is 540. The number of piperazine rings is 1. The number of hydrogen-bond acceptors (Lipinski definition) is 5. The second-order valence-electron chi connectivity index (χ2n) is 6.16. The Hall–Kier alpha value is -1.79. The maximum absolute atomic E-state index is 12.7. The predicted molar refractivity (Wildman–Crippen MR) is 92.8 cm³/mol. The molecule has 0 saturated carbocycles. The standard InChI is InChI=1S/C18H28N2O4/c1-4-11-24-16-6-5-15(12-17(16)23-3)18(22)20-9-7-19(8-10-20)13-14(2)21/h5-6,12,14,21H,4,7-11,13H2,1-3H3/t14-/m1/s1. The van der Waals surface area contributed by atoms with Gasteiger partial charge in [-0.3, -0.25) is 9.69 Å². The number of β-amino-alcohol motifs (C(OH)–C–C–N with tert-alkyl or cyclic N) is 1. The molecule has 2 rings (SSSR count). The van der Waals surface area contributed by atoms with Gasteiger partial charge in [-0.05, 0) is 31.5 Å². The summed E-state index contributed by atoms with van der Waals surface area (Å²) >= 11 is 0. The summed E-state index contributed by atoms with van der Waals surface area (Å²) in [6.45, 7) is 8.00. The zero-order valence-electron chi connectivity index (χ0n) is 14.8. The molecule has 1 aromatic carbocycles. The Morgan fingerprint density at radius 2 is 1.96 bits per heavy atom. The number of aliphatic hydroxyl groups is 1. The van der Waals surface area contributed by atoms with Crippen molar-refractivity contribution in [3.05, 3.63) is 23.8 Å². The fourth-order valence-electron chi connectivity index (χ4n) is 2.82. The van der Waals surface area contributed by atoms with Crippen molar-refractivity contribution in [1.82, 2.24) is 9.80 Å². The van der Waals surface area contributed by atoms with Gasteiger partial charge in [0, 0.05) is 38.3 Å². The molecule has 1 aliphatic rings. The van der Waals surface area contributed by atoms with Crippen molar-refractivity contribution in [3.8, 4) is 11.5 Å². The highest BCUT2D eigenvalue weighted by molar-refractivity contribution is 5.95. The van der Waals surface area contributed by atoms with E-state index in [-0.39, 0.29) is 12.0 Å². The van der Waals surface area contributed by atoms with Gasteiger partial charge in [0.15, 0.2) is 11.5 Å². The summed E-state index contributed by atoms with van der Waals surface area (Å²) in [5.74, 6) is 1.26. The summed E-state index contributed by atoms with van der Waals surface area (Å²) in [6.07, 6.45) is 0.577. The smallest absolute Gasteiger partial charge is 0.254 e. The molecule has 1 N–H and O–H groups in total. The van der Waals surface area contributed by atoms with Gasteiger partial charge in [-0.25, -0.2) is 0 Å². The summed E-state index contributed by atoms with van der Waals surface area (Å²) in [4.78, 5) is 16.7. The third kappa shape index (κ3) is 4.85. The Kier molecular flexibility index (Phi) is 6.87. The number of hydrogen-bond donors (Lipinski definition) is 1. The lowest BCUT2D eigenvalue weighted by Crippen LogP contribution is -2.50. The summed E-state index contributed by atoms with van der Waals surface area (Å²) in [5, 5.41) is 9.45. The molecule has 1 aromatic rings. The molecule has 1 saturated heterocycles. The van der Waals surface area contributed by atoms with Crippen LogP contribution in [-0.4, -0.2) is 73.4 Å².